The van der Waals surface area contributed by atoms with E-state index in [9.17, 15) is 9.90 Å². The van der Waals surface area contributed by atoms with Crippen molar-refractivity contribution in [3.8, 4) is 0 Å². The molecule has 0 bridgehead atoms. The van der Waals surface area contributed by atoms with Crippen LogP contribution in [-0.2, 0) is 17.9 Å². The molecule has 1 N–H and O–H groups in total. The summed E-state index contributed by atoms with van der Waals surface area (Å²) < 4.78 is 6.36. The van der Waals surface area contributed by atoms with Crippen molar-refractivity contribution in [3.63, 3.8) is 0 Å². The number of halogens is 2. The number of rotatable bonds is 5. The van der Waals surface area contributed by atoms with Crippen LogP contribution in [0.2, 0.25) is 10.2 Å². The average molecular weight is 315 g/mol. The highest BCUT2D eigenvalue weighted by atomic mass is 35.5. The van der Waals surface area contributed by atoms with Gasteiger partial charge < -0.3 is 9.84 Å². The van der Waals surface area contributed by atoms with E-state index in [-0.39, 0.29) is 17.3 Å². The van der Waals surface area contributed by atoms with Crippen LogP contribution in [0, 0.1) is 0 Å². The quantitative estimate of drug-likeness (QED) is 0.921. The second-order valence-electron chi connectivity index (χ2n) is 4.14. The zero-order valence-electron chi connectivity index (χ0n) is 10.6. The number of ether oxygens (including phenoxy) is 1. The summed E-state index contributed by atoms with van der Waals surface area (Å²) in [7, 11) is 1.47. The monoisotopic (exact) mass is 314 g/mol. The highest BCUT2D eigenvalue weighted by Gasteiger charge is 2.22. The lowest BCUT2D eigenvalue weighted by Crippen LogP contribution is -2.03. The Morgan fingerprint density at radius 2 is 2.20 bits per heavy atom. The highest BCUT2D eigenvalue weighted by Crippen LogP contribution is 2.22. The molecule has 5 nitrogen and oxygen atoms in total. The highest BCUT2D eigenvalue weighted by molar-refractivity contribution is 6.32. The number of hydrogen-bond donors (Lipinski definition) is 1. The molecule has 106 valence electrons. The lowest BCUT2D eigenvalue weighted by atomic mass is 10.2. The van der Waals surface area contributed by atoms with E-state index >= 15 is 0 Å². The molecule has 0 fully saturated rings. The number of methoxy groups -OCH3 is 1. The van der Waals surface area contributed by atoms with Crippen molar-refractivity contribution >= 4 is 29.2 Å². The van der Waals surface area contributed by atoms with Gasteiger partial charge in [-0.15, -0.1) is 0 Å². The minimum atomic E-state index is -1.13. The van der Waals surface area contributed by atoms with Crippen molar-refractivity contribution < 1.29 is 14.6 Å². The number of aromatic carboxylic acids is 1. The third-order valence-electron chi connectivity index (χ3n) is 2.68. The molecule has 7 heteroatoms. The number of aromatic nitrogens is 2. The van der Waals surface area contributed by atoms with Gasteiger partial charge in [-0.1, -0.05) is 35.3 Å². The molecule has 0 aliphatic heterocycles. The van der Waals surface area contributed by atoms with Crippen LogP contribution in [-0.4, -0.2) is 28.0 Å². The molecular formula is C13H12Cl2N2O3. The van der Waals surface area contributed by atoms with E-state index in [0.717, 1.165) is 5.56 Å². The minimum absolute atomic E-state index is 0.0319. The van der Waals surface area contributed by atoms with E-state index in [1.165, 1.54) is 11.8 Å². The van der Waals surface area contributed by atoms with Gasteiger partial charge in [0.1, 0.15) is 16.4 Å². The zero-order valence-corrected chi connectivity index (χ0v) is 12.1. The molecule has 1 aromatic carbocycles. The van der Waals surface area contributed by atoms with Gasteiger partial charge in [-0.3, -0.25) is 0 Å². The molecular weight excluding hydrogens is 303 g/mol. The molecule has 20 heavy (non-hydrogen) atoms. The molecule has 0 aliphatic carbocycles. The fourth-order valence-electron chi connectivity index (χ4n) is 1.85. The predicted molar refractivity (Wildman–Crippen MR) is 75.5 cm³/mol. The third-order valence-corrected chi connectivity index (χ3v) is 3.30. The molecule has 0 spiro atoms. The van der Waals surface area contributed by atoms with E-state index in [0.29, 0.717) is 17.3 Å². The van der Waals surface area contributed by atoms with Crippen LogP contribution in [0.15, 0.2) is 24.3 Å². The molecule has 0 unspecified atom stereocenters. The maximum absolute atomic E-state index is 11.2. The molecule has 0 amide bonds. The van der Waals surface area contributed by atoms with Gasteiger partial charge in [-0.25, -0.2) is 9.48 Å². The maximum atomic E-state index is 11.2. The van der Waals surface area contributed by atoms with Gasteiger partial charge in [0.2, 0.25) is 0 Å². The zero-order chi connectivity index (χ0) is 14.7. The van der Waals surface area contributed by atoms with Crippen LogP contribution in [0.3, 0.4) is 0 Å². The fraction of sp³-hybridized carbons (Fsp3) is 0.231. The van der Waals surface area contributed by atoms with Crippen LogP contribution in [0.5, 0.6) is 0 Å². The first-order chi connectivity index (χ1) is 9.52. The van der Waals surface area contributed by atoms with Crippen molar-refractivity contribution in [1.82, 2.24) is 9.78 Å². The minimum Gasteiger partial charge on any atom is -0.478 e. The van der Waals surface area contributed by atoms with E-state index in [2.05, 4.69) is 5.10 Å². The Morgan fingerprint density at radius 3 is 2.80 bits per heavy atom. The Labute approximate surface area is 125 Å². The SMILES string of the molecule is COCc1nn(Cc2cccc(Cl)c2)c(Cl)c1C(=O)O. The normalized spacial score (nSPS) is 10.8. The average Bonchev–Trinajstić information content (AvgIpc) is 2.66. The lowest BCUT2D eigenvalue weighted by molar-refractivity contribution is 0.0692. The molecule has 0 saturated heterocycles. The van der Waals surface area contributed by atoms with Crippen LogP contribution in [0.4, 0.5) is 0 Å². The van der Waals surface area contributed by atoms with Crippen LogP contribution in [0.25, 0.3) is 0 Å². The number of benzene rings is 1. The van der Waals surface area contributed by atoms with E-state index in [4.69, 9.17) is 27.9 Å². The smallest absolute Gasteiger partial charge is 0.340 e. The summed E-state index contributed by atoms with van der Waals surface area (Å²) in [5.41, 5.74) is 1.14. The molecule has 0 radical (unpaired) electrons. The first-order valence-electron chi connectivity index (χ1n) is 5.74. The summed E-state index contributed by atoms with van der Waals surface area (Å²) in [6.07, 6.45) is 0. The summed E-state index contributed by atoms with van der Waals surface area (Å²) in [6, 6.07) is 7.20. The molecule has 0 aliphatic rings. The van der Waals surface area contributed by atoms with Gasteiger partial charge in [0.25, 0.3) is 0 Å². The number of hydrogen-bond acceptors (Lipinski definition) is 3. The van der Waals surface area contributed by atoms with Gasteiger partial charge in [0.05, 0.1) is 13.2 Å². The second-order valence-corrected chi connectivity index (χ2v) is 4.93. The Kier molecular flexibility index (Phi) is 4.65. The maximum Gasteiger partial charge on any atom is 0.340 e. The summed E-state index contributed by atoms with van der Waals surface area (Å²) >= 11 is 12.0. The lowest BCUT2D eigenvalue weighted by Gasteiger charge is -2.04. The van der Waals surface area contributed by atoms with Crippen molar-refractivity contribution in [2.75, 3.05) is 7.11 Å². The van der Waals surface area contributed by atoms with E-state index in [1.807, 2.05) is 12.1 Å². The second kappa shape index (κ2) is 6.26. The van der Waals surface area contributed by atoms with Crippen molar-refractivity contribution in [1.29, 1.82) is 0 Å². The van der Waals surface area contributed by atoms with Gasteiger partial charge in [-0.05, 0) is 17.7 Å². The third kappa shape index (κ3) is 3.12. The standard InChI is InChI=1S/C13H12Cl2N2O3/c1-20-7-10-11(13(18)19)12(15)17(16-10)6-8-3-2-4-9(14)5-8/h2-5H,6-7H2,1H3,(H,18,19). The predicted octanol–water partition coefficient (Wildman–Crippen LogP) is 3.08. The summed E-state index contributed by atoms with van der Waals surface area (Å²) in [5, 5.41) is 14.0. The molecule has 2 aromatic rings. The Hall–Kier alpha value is -1.56. The molecule has 2 rings (SSSR count). The van der Waals surface area contributed by atoms with Gasteiger partial charge >= 0.3 is 5.97 Å². The topological polar surface area (TPSA) is 64.4 Å². The number of nitrogens with zero attached hydrogens (tertiary/aromatic N) is 2. The van der Waals surface area contributed by atoms with Crippen molar-refractivity contribution in [2.24, 2.45) is 0 Å². The summed E-state index contributed by atoms with van der Waals surface area (Å²) in [4.78, 5) is 11.2. The van der Waals surface area contributed by atoms with E-state index < -0.39 is 5.97 Å². The number of carbonyl (C=O) groups is 1. The summed E-state index contributed by atoms with van der Waals surface area (Å²) in [5.74, 6) is -1.13. The van der Waals surface area contributed by atoms with Crippen LogP contribution < -0.4 is 0 Å². The number of carboxylic acid groups (broad SMARTS) is 1. The van der Waals surface area contributed by atoms with Crippen LogP contribution in [0.1, 0.15) is 21.6 Å². The Balaban J connectivity index is 2.37. The Morgan fingerprint density at radius 1 is 1.45 bits per heavy atom. The molecule has 0 saturated carbocycles. The van der Waals surface area contributed by atoms with Crippen molar-refractivity contribution in [2.45, 2.75) is 13.2 Å². The Bertz CT molecular complexity index is 641. The van der Waals surface area contributed by atoms with Crippen LogP contribution >= 0.6 is 23.2 Å². The largest absolute Gasteiger partial charge is 0.478 e. The fourth-order valence-corrected chi connectivity index (χ4v) is 2.35. The molecule has 1 aromatic heterocycles. The van der Waals surface area contributed by atoms with Gasteiger partial charge in [-0.2, -0.15) is 5.10 Å². The summed E-state index contributed by atoms with van der Waals surface area (Å²) in [6.45, 7) is 0.424. The first-order valence-corrected chi connectivity index (χ1v) is 6.50. The van der Waals surface area contributed by atoms with Gasteiger partial charge in [0.15, 0.2) is 0 Å². The van der Waals surface area contributed by atoms with Gasteiger partial charge in [0, 0.05) is 12.1 Å². The first kappa shape index (κ1) is 14.8. The molecule has 0 atom stereocenters. The van der Waals surface area contributed by atoms with E-state index in [1.54, 1.807) is 12.1 Å². The number of carboxylic acids is 1. The molecule has 1 heterocycles. The van der Waals surface area contributed by atoms with Crippen molar-refractivity contribution in [3.05, 3.63) is 51.3 Å².